The lowest BCUT2D eigenvalue weighted by molar-refractivity contribution is -0.133. The Balaban J connectivity index is 1.31. The molecule has 1 aromatic rings. The van der Waals surface area contributed by atoms with Gasteiger partial charge in [-0.15, -0.1) is 0 Å². The highest BCUT2D eigenvalue weighted by Crippen LogP contribution is 2.32. The zero-order valence-electron chi connectivity index (χ0n) is 14.7. The van der Waals surface area contributed by atoms with Crippen molar-refractivity contribution in [1.82, 2.24) is 15.1 Å². The van der Waals surface area contributed by atoms with Gasteiger partial charge < -0.3 is 10.2 Å². The number of benzene rings is 1. The van der Waals surface area contributed by atoms with E-state index in [0.29, 0.717) is 41.5 Å². The number of nitrogens with zero attached hydrogens (tertiary/aromatic N) is 2. The third kappa shape index (κ3) is 3.63. The number of fused-ring (bicyclic) bond motifs is 1. The molecule has 0 bridgehead atoms. The van der Waals surface area contributed by atoms with Gasteiger partial charge in [-0.05, 0) is 43.9 Å². The highest BCUT2D eigenvalue weighted by molar-refractivity contribution is 9.10. The van der Waals surface area contributed by atoms with E-state index < -0.39 is 11.8 Å². The highest BCUT2D eigenvalue weighted by Gasteiger charge is 2.38. The predicted molar refractivity (Wildman–Crippen MR) is 100.0 cm³/mol. The zero-order valence-corrected chi connectivity index (χ0v) is 16.3. The summed E-state index contributed by atoms with van der Waals surface area (Å²) in [5.41, 5.74) is 0.636. The summed E-state index contributed by atoms with van der Waals surface area (Å²) in [4.78, 5) is 52.1. The lowest BCUT2D eigenvalue weighted by Gasteiger charge is -2.32. The molecule has 27 heavy (non-hydrogen) atoms. The predicted octanol–water partition coefficient (Wildman–Crippen LogP) is 1.56. The van der Waals surface area contributed by atoms with Gasteiger partial charge in [0.25, 0.3) is 11.8 Å². The van der Waals surface area contributed by atoms with Crippen molar-refractivity contribution in [2.45, 2.75) is 31.7 Å². The molecule has 1 saturated carbocycles. The molecule has 8 heteroatoms. The Kier molecular flexibility index (Phi) is 4.75. The molecule has 7 nitrogen and oxygen atoms in total. The minimum atomic E-state index is -0.448. The summed E-state index contributed by atoms with van der Waals surface area (Å²) in [5.74, 6) is -0.795. The van der Waals surface area contributed by atoms with Gasteiger partial charge in [-0.3, -0.25) is 24.1 Å². The lowest BCUT2D eigenvalue weighted by Crippen LogP contribution is -2.49. The van der Waals surface area contributed by atoms with Crippen molar-refractivity contribution >= 4 is 39.6 Å². The van der Waals surface area contributed by atoms with Crippen LogP contribution in [-0.2, 0) is 9.59 Å². The van der Waals surface area contributed by atoms with E-state index in [2.05, 4.69) is 21.2 Å². The number of halogens is 1. The van der Waals surface area contributed by atoms with Gasteiger partial charge in [0.2, 0.25) is 11.8 Å². The summed E-state index contributed by atoms with van der Waals surface area (Å²) in [6.07, 6.45) is 3.37. The maximum atomic E-state index is 12.4. The molecule has 2 heterocycles. The number of carbonyl (C=O) groups excluding carboxylic acids is 4. The summed E-state index contributed by atoms with van der Waals surface area (Å²) in [6, 6.07) is 4.85. The van der Waals surface area contributed by atoms with Crippen LogP contribution in [0.5, 0.6) is 0 Å². The van der Waals surface area contributed by atoms with Crippen LogP contribution in [0, 0.1) is 5.92 Å². The first-order chi connectivity index (χ1) is 12.9. The van der Waals surface area contributed by atoms with Gasteiger partial charge in [0, 0.05) is 29.5 Å². The van der Waals surface area contributed by atoms with Gasteiger partial charge in [0.05, 0.1) is 11.1 Å². The highest BCUT2D eigenvalue weighted by atomic mass is 79.9. The topological polar surface area (TPSA) is 86.8 Å². The molecular formula is C19H20BrN3O4. The monoisotopic (exact) mass is 433 g/mol. The van der Waals surface area contributed by atoms with Crippen LogP contribution in [0.3, 0.4) is 0 Å². The van der Waals surface area contributed by atoms with Crippen LogP contribution in [0.25, 0.3) is 0 Å². The smallest absolute Gasteiger partial charge is 0.262 e. The van der Waals surface area contributed by atoms with E-state index in [1.807, 2.05) is 4.90 Å². The van der Waals surface area contributed by atoms with Crippen LogP contribution in [0.2, 0.25) is 0 Å². The molecule has 1 saturated heterocycles. The van der Waals surface area contributed by atoms with Crippen molar-refractivity contribution in [3.63, 3.8) is 0 Å². The Morgan fingerprint density at radius 1 is 1.04 bits per heavy atom. The van der Waals surface area contributed by atoms with Crippen LogP contribution >= 0.6 is 15.9 Å². The van der Waals surface area contributed by atoms with Crippen molar-refractivity contribution in [2.24, 2.45) is 5.92 Å². The first-order valence-corrected chi connectivity index (χ1v) is 9.97. The SMILES string of the molecule is O=C(CN1C(=O)c2ccc(Br)cc2C1=O)NC1CCN(C(=O)C2CC2)CC1. The molecule has 0 radical (unpaired) electrons. The van der Waals surface area contributed by atoms with Gasteiger partial charge in [-0.25, -0.2) is 0 Å². The van der Waals surface area contributed by atoms with Crippen LogP contribution < -0.4 is 5.32 Å². The molecule has 4 rings (SSSR count). The van der Waals surface area contributed by atoms with Gasteiger partial charge in [0.15, 0.2) is 0 Å². The average molecular weight is 434 g/mol. The Morgan fingerprint density at radius 3 is 2.37 bits per heavy atom. The van der Waals surface area contributed by atoms with Crippen molar-refractivity contribution in [2.75, 3.05) is 19.6 Å². The molecule has 3 aliphatic rings. The summed E-state index contributed by atoms with van der Waals surface area (Å²) in [6.45, 7) is 0.994. The second-order valence-corrected chi connectivity index (χ2v) is 8.24. The number of carbonyl (C=O) groups is 4. The number of imide groups is 1. The molecule has 0 unspecified atom stereocenters. The zero-order chi connectivity index (χ0) is 19.1. The van der Waals surface area contributed by atoms with Crippen molar-refractivity contribution < 1.29 is 19.2 Å². The minimum absolute atomic E-state index is 0.0370. The Hall–Kier alpha value is -2.22. The molecular weight excluding hydrogens is 414 g/mol. The van der Waals surface area contributed by atoms with E-state index in [-0.39, 0.29) is 30.3 Å². The number of hydrogen-bond acceptors (Lipinski definition) is 4. The first-order valence-electron chi connectivity index (χ1n) is 9.18. The standard InChI is InChI=1S/C19H20BrN3O4/c20-12-3-4-14-15(9-12)19(27)23(18(14)26)10-16(24)21-13-5-7-22(8-6-13)17(25)11-1-2-11/h3-4,9,11,13H,1-2,5-8,10H2,(H,21,24). The van der Waals surface area contributed by atoms with Crippen molar-refractivity contribution in [3.05, 3.63) is 33.8 Å². The summed E-state index contributed by atoms with van der Waals surface area (Å²) < 4.78 is 0.709. The largest absolute Gasteiger partial charge is 0.352 e. The van der Waals surface area contributed by atoms with Crippen LogP contribution in [0.1, 0.15) is 46.4 Å². The summed E-state index contributed by atoms with van der Waals surface area (Å²) in [7, 11) is 0. The Bertz CT molecular complexity index is 828. The third-order valence-electron chi connectivity index (χ3n) is 5.33. The maximum Gasteiger partial charge on any atom is 0.262 e. The molecule has 0 atom stereocenters. The summed E-state index contributed by atoms with van der Waals surface area (Å²) >= 11 is 3.29. The molecule has 2 fully saturated rings. The van der Waals surface area contributed by atoms with E-state index in [9.17, 15) is 19.2 Å². The second kappa shape index (κ2) is 7.07. The molecule has 1 N–H and O–H groups in total. The summed E-state index contributed by atoms with van der Waals surface area (Å²) in [5, 5.41) is 2.90. The fraction of sp³-hybridized carbons (Fsp3) is 0.474. The molecule has 4 amide bonds. The Labute approximate surface area is 165 Å². The van der Waals surface area contributed by atoms with E-state index in [4.69, 9.17) is 0 Å². The molecule has 1 aromatic carbocycles. The fourth-order valence-corrected chi connectivity index (χ4v) is 4.02. The number of nitrogens with one attached hydrogen (secondary N) is 1. The number of likely N-dealkylation sites (tertiary alicyclic amines) is 1. The van der Waals surface area contributed by atoms with Crippen LogP contribution in [0.4, 0.5) is 0 Å². The van der Waals surface area contributed by atoms with Gasteiger partial charge in [-0.1, -0.05) is 15.9 Å². The van der Waals surface area contributed by atoms with Crippen molar-refractivity contribution in [3.8, 4) is 0 Å². The number of piperidine rings is 1. The number of amides is 4. The molecule has 0 aromatic heterocycles. The van der Waals surface area contributed by atoms with Crippen LogP contribution in [0.15, 0.2) is 22.7 Å². The van der Waals surface area contributed by atoms with Gasteiger partial charge in [-0.2, -0.15) is 0 Å². The van der Waals surface area contributed by atoms with E-state index in [1.165, 1.54) is 0 Å². The third-order valence-corrected chi connectivity index (χ3v) is 5.83. The molecule has 2 aliphatic heterocycles. The van der Waals surface area contributed by atoms with Gasteiger partial charge in [0.1, 0.15) is 6.54 Å². The second-order valence-electron chi connectivity index (χ2n) is 7.33. The lowest BCUT2D eigenvalue weighted by atomic mass is 10.0. The Morgan fingerprint density at radius 2 is 1.70 bits per heavy atom. The number of hydrogen-bond donors (Lipinski definition) is 1. The van der Waals surface area contributed by atoms with E-state index in [0.717, 1.165) is 17.7 Å². The van der Waals surface area contributed by atoms with Gasteiger partial charge >= 0.3 is 0 Å². The molecule has 0 spiro atoms. The normalized spacial score (nSPS) is 20.0. The first kappa shape index (κ1) is 18.2. The molecule has 1 aliphatic carbocycles. The minimum Gasteiger partial charge on any atom is -0.352 e. The van der Waals surface area contributed by atoms with E-state index in [1.54, 1.807) is 18.2 Å². The quantitative estimate of drug-likeness (QED) is 0.729. The van der Waals surface area contributed by atoms with Crippen molar-refractivity contribution in [1.29, 1.82) is 0 Å². The fourth-order valence-electron chi connectivity index (χ4n) is 3.66. The number of rotatable bonds is 4. The average Bonchev–Trinajstić information content (AvgIpc) is 3.47. The van der Waals surface area contributed by atoms with E-state index >= 15 is 0 Å². The maximum absolute atomic E-state index is 12.4. The van der Waals surface area contributed by atoms with Crippen LogP contribution in [-0.4, -0.2) is 59.1 Å². The molecule has 142 valence electrons.